The second kappa shape index (κ2) is 9.64. The van der Waals surface area contributed by atoms with Crippen molar-refractivity contribution in [2.75, 3.05) is 14.2 Å². The Morgan fingerprint density at radius 2 is 1.62 bits per heavy atom. The molecule has 0 radical (unpaired) electrons. The first-order chi connectivity index (χ1) is 13.7. The summed E-state index contributed by atoms with van der Waals surface area (Å²) < 4.78 is 16.1. The summed E-state index contributed by atoms with van der Waals surface area (Å²) >= 11 is 0. The van der Waals surface area contributed by atoms with E-state index in [1.54, 1.807) is 20.3 Å². The lowest BCUT2D eigenvalue weighted by Crippen LogP contribution is -2.17. The fourth-order valence-electron chi connectivity index (χ4n) is 3.60. The van der Waals surface area contributed by atoms with E-state index in [0.29, 0.717) is 23.2 Å². The molecule has 2 rings (SSSR count). The summed E-state index contributed by atoms with van der Waals surface area (Å²) in [4.78, 5) is 12.2. The molecule has 0 N–H and O–H groups in total. The smallest absolute Gasteiger partial charge is 0.336 e. The third-order valence-corrected chi connectivity index (χ3v) is 5.13. The van der Waals surface area contributed by atoms with Crippen LogP contribution in [-0.4, -0.2) is 20.2 Å². The van der Waals surface area contributed by atoms with Crippen LogP contribution in [0.2, 0.25) is 0 Å². The molecule has 1 unspecified atom stereocenters. The van der Waals surface area contributed by atoms with Gasteiger partial charge in [0.1, 0.15) is 5.75 Å². The van der Waals surface area contributed by atoms with Crippen LogP contribution in [0.4, 0.5) is 0 Å². The quantitative estimate of drug-likeness (QED) is 0.319. The molecule has 4 nitrogen and oxygen atoms in total. The molecular weight excluding hydrogens is 364 g/mol. The summed E-state index contributed by atoms with van der Waals surface area (Å²) in [6, 6.07) is 11.5. The molecule has 4 heteroatoms. The van der Waals surface area contributed by atoms with Crippen LogP contribution in [0.5, 0.6) is 17.2 Å². The number of carbonyl (C=O) groups is 1. The fourth-order valence-corrected chi connectivity index (χ4v) is 3.60. The first-order valence-corrected chi connectivity index (χ1v) is 9.92. The lowest BCUT2D eigenvalue weighted by Gasteiger charge is -2.30. The van der Waals surface area contributed by atoms with Crippen LogP contribution in [0.15, 0.2) is 42.5 Å². The van der Waals surface area contributed by atoms with Gasteiger partial charge < -0.3 is 14.2 Å². The Balaban J connectivity index is 2.09. The lowest BCUT2D eigenvalue weighted by molar-refractivity contribution is -0.128. The number of carbonyl (C=O) groups excluding carboxylic acids is 1. The van der Waals surface area contributed by atoms with Gasteiger partial charge in [-0.3, -0.25) is 0 Å². The first kappa shape index (κ1) is 22.5. The third-order valence-electron chi connectivity index (χ3n) is 5.13. The van der Waals surface area contributed by atoms with Crippen molar-refractivity contribution < 1.29 is 19.0 Å². The average Bonchev–Trinajstić information content (AvgIpc) is 2.67. The molecule has 0 aliphatic carbocycles. The van der Waals surface area contributed by atoms with Crippen LogP contribution < -0.4 is 14.2 Å². The van der Waals surface area contributed by atoms with E-state index in [1.807, 2.05) is 43.3 Å². The van der Waals surface area contributed by atoms with E-state index < -0.39 is 5.97 Å². The molecule has 0 spiro atoms. The zero-order chi connectivity index (χ0) is 21.6. The van der Waals surface area contributed by atoms with Crippen LogP contribution in [-0.2, 0) is 4.79 Å². The normalized spacial score (nSPS) is 12.7. The zero-order valence-corrected chi connectivity index (χ0v) is 18.5. The van der Waals surface area contributed by atoms with E-state index in [9.17, 15) is 4.79 Å². The minimum absolute atomic E-state index is 0.187. The molecule has 0 fully saturated rings. The second-order valence-electron chi connectivity index (χ2n) is 8.21. The molecule has 0 saturated heterocycles. The van der Waals surface area contributed by atoms with Crippen LogP contribution in [0, 0.1) is 12.3 Å². The highest BCUT2D eigenvalue weighted by atomic mass is 16.5. The van der Waals surface area contributed by atoms with Crippen molar-refractivity contribution in [3.8, 4) is 17.2 Å². The van der Waals surface area contributed by atoms with Crippen molar-refractivity contribution in [2.45, 2.75) is 47.0 Å². The summed E-state index contributed by atoms with van der Waals surface area (Å²) in [5.41, 5.74) is 3.29. The summed E-state index contributed by atoms with van der Waals surface area (Å²) in [5, 5.41) is 0. The van der Waals surface area contributed by atoms with Gasteiger partial charge in [0.25, 0.3) is 0 Å². The molecule has 2 aromatic rings. The Hall–Kier alpha value is -2.75. The Bertz CT molecular complexity index is 858. The number of benzene rings is 2. The molecule has 0 aromatic heterocycles. The number of rotatable bonds is 7. The van der Waals surface area contributed by atoms with Crippen LogP contribution >= 0.6 is 0 Å². The molecule has 0 aliphatic heterocycles. The minimum atomic E-state index is -0.421. The van der Waals surface area contributed by atoms with Gasteiger partial charge in [-0.25, -0.2) is 4.79 Å². The molecule has 1 atom stereocenters. The minimum Gasteiger partial charge on any atom is -0.493 e. The predicted octanol–water partition coefficient (Wildman–Crippen LogP) is 6.17. The summed E-state index contributed by atoms with van der Waals surface area (Å²) in [7, 11) is 3.18. The Morgan fingerprint density at radius 3 is 2.14 bits per heavy atom. The maximum absolute atomic E-state index is 12.2. The highest BCUT2D eigenvalue weighted by molar-refractivity contribution is 5.89. The van der Waals surface area contributed by atoms with Gasteiger partial charge in [0.15, 0.2) is 11.5 Å². The first-order valence-electron chi connectivity index (χ1n) is 9.92. The molecule has 0 amide bonds. The van der Waals surface area contributed by atoms with E-state index in [-0.39, 0.29) is 5.41 Å². The van der Waals surface area contributed by atoms with Gasteiger partial charge in [-0.2, -0.15) is 0 Å². The highest BCUT2D eigenvalue weighted by Gasteiger charge is 2.24. The number of methoxy groups -OCH3 is 2. The third kappa shape index (κ3) is 5.86. The van der Waals surface area contributed by atoms with Crippen molar-refractivity contribution in [2.24, 2.45) is 5.41 Å². The average molecular weight is 397 g/mol. The number of aryl methyl sites for hydroxylation is 1. The maximum Gasteiger partial charge on any atom is 0.336 e. The van der Waals surface area contributed by atoms with Gasteiger partial charge in [-0.1, -0.05) is 39.8 Å². The SMILES string of the molecule is CCC(c1ccc(OC(=O)C=Cc2cc(OC)c(OC)cc2C)cc1)C(C)(C)C. The van der Waals surface area contributed by atoms with Gasteiger partial charge in [0.2, 0.25) is 0 Å². The molecular formula is C25H32O4. The van der Waals surface area contributed by atoms with Crippen LogP contribution in [0.3, 0.4) is 0 Å². The molecule has 29 heavy (non-hydrogen) atoms. The Kier molecular flexibility index (Phi) is 7.49. The number of hydrogen-bond donors (Lipinski definition) is 0. The molecule has 0 bridgehead atoms. The van der Waals surface area contributed by atoms with Crippen LogP contribution in [0.1, 0.15) is 56.7 Å². The lowest BCUT2D eigenvalue weighted by atomic mass is 9.75. The van der Waals surface area contributed by atoms with Gasteiger partial charge in [0, 0.05) is 6.08 Å². The second-order valence-corrected chi connectivity index (χ2v) is 8.21. The number of esters is 1. The van der Waals surface area contributed by atoms with E-state index in [2.05, 4.69) is 27.7 Å². The molecule has 0 heterocycles. The molecule has 156 valence electrons. The monoisotopic (exact) mass is 396 g/mol. The number of ether oxygens (including phenoxy) is 3. The number of hydrogen-bond acceptors (Lipinski definition) is 4. The summed E-state index contributed by atoms with van der Waals surface area (Å²) in [5.74, 6) is 1.85. The maximum atomic E-state index is 12.2. The van der Waals surface area contributed by atoms with Crippen molar-refractivity contribution in [3.05, 3.63) is 59.2 Å². The van der Waals surface area contributed by atoms with E-state index in [4.69, 9.17) is 14.2 Å². The van der Waals surface area contributed by atoms with Gasteiger partial charge in [0.05, 0.1) is 14.2 Å². The largest absolute Gasteiger partial charge is 0.493 e. The fraction of sp³-hybridized carbons (Fsp3) is 0.400. The molecule has 0 saturated carbocycles. The van der Waals surface area contributed by atoms with Crippen molar-refractivity contribution >= 4 is 12.0 Å². The van der Waals surface area contributed by atoms with Crippen molar-refractivity contribution in [1.82, 2.24) is 0 Å². The highest BCUT2D eigenvalue weighted by Crippen LogP contribution is 2.38. The summed E-state index contributed by atoms with van der Waals surface area (Å²) in [6.45, 7) is 10.9. The molecule has 2 aromatic carbocycles. The summed E-state index contributed by atoms with van der Waals surface area (Å²) in [6.07, 6.45) is 4.21. The van der Waals surface area contributed by atoms with Gasteiger partial charge >= 0.3 is 5.97 Å². The van der Waals surface area contributed by atoms with Crippen molar-refractivity contribution in [1.29, 1.82) is 0 Å². The topological polar surface area (TPSA) is 44.8 Å². The predicted molar refractivity (Wildman–Crippen MR) is 118 cm³/mol. The standard InChI is InChI=1S/C25H32O4/c1-8-21(25(3,4)5)18-9-12-20(13-10-18)29-24(26)14-11-19-16-23(28-7)22(27-6)15-17(19)2/h9-16,21H,8H2,1-7H3. The van der Waals surface area contributed by atoms with Crippen LogP contribution in [0.25, 0.3) is 6.08 Å². The van der Waals surface area contributed by atoms with Gasteiger partial charge in [-0.15, -0.1) is 0 Å². The van der Waals surface area contributed by atoms with E-state index in [0.717, 1.165) is 17.5 Å². The van der Waals surface area contributed by atoms with Crippen molar-refractivity contribution in [3.63, 3.8) is 0 Å². The Labute approximate surface area is 174 Å². The zero-order valence-electron chi connectivity index (χ0n) is 18.5. The van der Waals surface area contributed by atoms with Gasteiger partial charge in [-0.05, 0) is 71.7 Å². The Morgan fingerprint density at radius 1 is 1.03 bits per heavy atom. The van der Waals surface area contributed by atoms with E-state index >= 15 is 0 Å². The molecule has 0 aliphatic rings. The van der Waals surface area contributed by atoms with E-state index in [1.165, 1.54) is 11.6 Å².